The van der Waals surface area contributed by atoms with Gasteiger partial charge in [-0.05, 0) is 19.1 Å². The van der Waals surface area contributed by atoms with Crippen molar-refractivity contribution in [3.63, 3.8) is 0 Å². The van der Waals surface area contributed by atoms with E-state index in [4.69, 9.17) is 10.5 Å². The Morgan fingerprint density at radius 2 is 2.20 bits per heavy atom. The van der Waals surface area contributed by atoms with Gasteiger partial charge in [0.05, 0.1) is 25.0 Å². The number of pyridine rings is 1. The minimum absolute atomic E-state index is 0.327. The number of carbonyl (C=O) groups excluding carboxylic acids is 2. The van der Waals surface area contributed by atoms with Crippen LogP contribution in [0.15, 0.2) is 18.3 Å². The Hall–Kier alpha value is -1.60. The van der Waals surface area contributed by atoms with E-state index in [0.717, 1.165) is 5.69 Å². The molecule has 0 aliphatic rings. The van der Waals surface area contributed by atoms with Crippen LogP contribution in [0.1, 0.15) is 23.0 Å². The van der Waals surface area contributed by atoms with Crippen LogP contribution in [0.5, 0.6) is 0 Å². The van der Waals surface area contributed by atoms with Gasteiger partial charge in [0.25, 0.3) is 0 Å². The van der Waals surface area contributed by atoms with E-state index >= 15 is 0 Å². The van der Waals surface area contributed by atoms with Crippen LogP contribution in [-0.4, -0.2) is 42.4 Å². The summed E-state index contributed by atoms with van der Waals surface area (Å²) in [6.07, 6.45) is 1.47. The third-order valence-corrected chi connectivity index (χ3v) is 3.48. The highest BCUT2D eigenvalue weighted by Gasteiger charge is 2.14. The summed E-state index contributed by atoms with van der Waals surface area (Å²) < 4.78 is 9.40. The molecule has 7 heteroatoms. The molecule has 0 aliphatic carbocycles. The number of hydrogen-bond acceptors (Lipinski definition) is 7. The molecule has 0 aliphatic heterocycles. The standard InChI is InChI=1S/C13H18N2O4S/c1-3-19-13(17)11(14)8-20-7-10-5-4-9(6-15-10)12(16)18-2/h4-6,11H,3,7-8,14H2,1-2H3. The van der Waals surface area contributed by atoms with E-state index in [1.165, 1.54) is 25.1 Å². The number of aromatic nitrogens is 1. The first-order chi connectivity index (χ1) is 9.58. The lowest BCUT2D eigenvalue weighted by Crippen LogP contribution is -2.34. The first-order valence-corrected chi connectivity index (χ1v) is 7.27. The quantitative estimate of drug-likeness (QED) is 0.750. The molecule has 1 rings (SSSR count). The molecular formula is C13H18N2O4S. The van der Waals surface area contributed by atoms with E-state index in [-0.39, 0.29) is 0 Å². The molecule has 0 spiro atoms. The average molecular weight is 298 g/mol. The van der Waals surface area contributed by atoms with Crippen molar-refractivity contribution >= 4 is 23.7 Å². The topological polar surface area (TPSA) is 91.5 Å². The van der Waals surface area contributed by atoms with Crippen LogP contribution in [0.3, 0.4) is 0 Å². The maximum Gasteiger partial charge on any atom is 0.339 e. The molecule has 0 bridgehead atoms. The molecule has 2 N–H and O–H groups in total. The van der Waals surface area contributed by atoms with Crippen molar-refractivity contribution in [1.29, 1.82) is 0 Å². The molecule has 1 aromatic rings. The highest BCUT2D eigenvalue weighted by molar-refractivity contribution is 7.98. The van der Waals surface area contributed by atoms with Gasteiger partial charge >= 0.3 is 11.9 Å². The van der Waals surface area contributed by atoms with Gasteiger partial charge in [-0.2, -0.15) is 11.8 Å². The van der Waals surface area contributed by atoms with Crippen LogP contribution >= 0.6 is 11.8 Å². The van der Waals surface area contributed by atoms with E-state index in [0.29, 0.717) is 23.7 Å². The molecule has 0 fully saturated rings. The number of nitrogens with zero attached hydrogens (tertiary/aromatic N) is 1. The van der Waals surface area contributed by atoms with Gasteiger partial charge in [-0.3, -0.25) is 9.78 Å². The van der Waals surface area contributed by atoms with Crippen molar-refractivity contribution < 1.29 is 19.1 Å². The Labute approximate surface area is 122 Å². The monoisotopic (exact) mass is 298 g/mol. The Morgan fingerprint density at radius 3 is 2.75 bits per heavy atom. The molecule has 0 radical (unpaired) electrons. The number of carbonyl (C=O) groups is 2. The van der Waals surface area contributed by atoms with E-state index in [1.807, 2.05) is 0 Å². The fourth-order valence-electron chi connectivity index (χ4n) is 1.36. The van der Waals surface area contributed by atoms with Gasteiger partial charge in [-0.25, -0.2) is 4.79 Å². The van der Waals surface area contributed by atoms with Crippen LogP contribution in [-0.2, 0) is 20.0 Å². The maximum atomic E-state index is 11.3. The minimum Gasteiger partial charge on any atom is -0.465 e. The summed E-state index contributed by atoms with van der Waals surface area (Å²) >= 11 is 1.48. The van der Waals surface area contributed by atoms with Crippen molar-refractivity contribution in [2.75, 3.05) is 19.5 Å². The fourth-order valence-corrected chi connectivity index (χ4v) is 2.24. The normalized spacial score (nSPS) is 11.8. The molecule has 0 saturated heterocycles. The molecule has 1 heterocycles. The third kappa shape index (κ3) is 5.18. The first-order valence-electron chi connectivity index (χ1n) is 6.11. The van der Waals surface area contributed by atoms with Crippen LogP contribution in [0.25, 0.3) is 0 Å². The van der Waals surface area contributed by atoms with E-state index in [2.05, 4.69) is 9.72 Å². The van der Waals surface area contributed by atoms with Gasteiger partial charge in [-0.15, -0.1) is 0 Å². The number of methoxy groups -OCH3 is 1. The zero-order chi connectivity index (χ0) is 15.0. The van der Waals surface area contributed by atoms with Crippen molar-refractivity contribution in [1.82, 2.24) is 4.98 Å². The molecule has 0 saturated carbocycles. The SMILES string of the molecule is CCOC(=O)C(N)CSCc1ccc(C(=O)OC)cn1. The number of esters is 2. The van der Waals surface area contributed by atoms with Gasteiger partial charge < -0.3 is 15.2 Å². The summed E-state index contributed by atoms with van der Waals surface area (Å²) in [5.41, 5.74) is 6.88. The molecule has 1 aromatic heterocycles. The number of ether oxygens (including phenoxy) is 2. The van der Waals surface area contributed by atoms with Crippen LogP contribution in [0.4, 0.5) is 0 Å². The number of rotatable bonds is 7. The van der Waals surface area contributed by atoms with Gasteiger partial charge in [0, 0.05) is 17.7 Å². The average Bonchev–Trinajstić information content (AvgIpc) is 2.47. The second-order valence-corrected chi connectivity index (χ2v) is 4.93. The van der Waals surface area contributed by atoms with E-state index < -0.39 is 18.0 Å². The van der Waals surface area contributed by atoms with Crippen molar-refractivity contribution in [2.24, 2.45) is 5.73 Å². The van der Waals surface area contributed by atoms with Crippen molar-refractivity contribution in [2.45, 2.75) is 18.7 Å². The Balaban J connectivity index is 2.39. The summed E-state index contributed by atoms with van der Waals surface area (Å²) in [4.78, 5) is 26.7. The third-order valence-electron chi connectivity index (χ3n) is 2.38. The molecule has 1 atom stereocenters. The number of nitrogens with two attached hydrogens (primary N) is 1. The Morgan fingerprint density at radius 1 is 1.45 bits per heavy atom. The lowest BCUT2D eigenvalue weighted by atomic mass is 10.2. The van der Waals surface area contributed by atoms with Crippen LogP contribution in [0, 0.1) is 0 Å². The molecule has 6 nitrogen and oxygen atoms in total. The summed E-state index contributed by atoms with van der Waals surface area (Å²) in [6.45, 7) is 2.07. The summed E-state index contributed by atoms with van der Waals surface area (Å²) in [6, 6.07) is 2.77. The largest absolute Gasteiger partial charge is 0.465 e. The summed E-state index contributed by atoms with van der Waals surface area (Å²) in [7, 11) is 1.32. The smallest absolute Gasteiger partial charge is 0.339 e. The van der Waals surface area contributed by atoms with E-state index in [1.54, 1.807) is 19.1 Å². The second kappa shape index (κ2) is 8.55. The second-order valence-electron chi connectivity index (χ2n) is 3.90. The predicted octanol–water partition coefficient (Wildman–Crippen LogP) is 0.992. The molecule has 1 unspecified atom stereocenters. The zero-order valence-electron chi connectivity index (χ0n) is 11.5. The Bertz CT molecular complexity index is 450. The zero-order valence-corrected chi connectivity index (χ0v) is 12.3. The van der Waals surface area contributed by atoms with Gasteiger partial charge in [0.2, 0.25) is 0 Å². The van der Waals surface area contributed by atoms with E-state index in [9.17, 15) is 9.59 Å². The molecule has 110 valence electrons. The number of thioether (sulfide) groups is 1. The van der Waals surface area contributed by atoms with Gasteiger partial charge in [0.15, 0.2) is 0 Å². The maximum absolute atomic E-state index is 11.3. The highest BCUT2D eigenvalue weighted by Crippen LogP contribution is 2.12. The van der Waals surface area contributed by atoms with Crippen molar-refractivity contribution in [3.8, 4) is 0 Å². The molecule has 20 heavy (non-hydrogen) atoms. The minimum atomic E-state index is -0.630. The lowest BCUT2D eigenvalue weighted by Gasteiger charge is -2.09. The summed E-state index contributed by atoms with van der Waals surface area (Å²) in [5, 5.41) is 0. The fraction of sp³-hybridized carbons (Fsp3) is 0.462. The van der Waals surface area contributed by atoms with Gasteiger partial charge in [0.1, 0.15) is 6.04 Å². The Kier molecular flexibility index (Phi) is 7.03. The molecular weight excluding hydrogens is 280 g/mol. The predicted molar refractivity (Wildman–Crippen MR) is 76.3 cm³/mol. The molecule has 0 amide bonds. The van der Waals surface area contributed by atoms with Crippen LogP contribution < -0.4 is 5.73 Å². The van der Waals surface area contributed by atoms with Crippen LogP contribution in [0.2, 0.25) is 0 Å². The highest BCUT2D eigenvalue weighted by atomic mass is 32.2. The van der Waals surface area contributed by atoms with Crippen molar-refractivity contribution in [3.05, 3.63) is 29.6 Å². The summed E-state index contributed by atoms with van der Waals surface area (Å²) in [5.74, 6) is 0.253. The first kappa shape index (κ1) is 16.5. The lowest BCUT2D eigenvalue weighted by molar-refractivity contribution is -0.144. The molecule has 0 aromatic carbocycles. The van der Waals surface area contributed by atoms with Gasteiger partial charge in [-0.1, -0.05) is 0 Å². The number of hydrogen-bond donors (Lipinski definition) is 1.